The van der Waals surface area contributed by atoms with Crippen molar-refractivity contribution in [2.75, 3.05) is 47.0 Å². The topological polar surface area (TPSA) is 88.1 Å². The van der Waals surface area contributed by atoms with Gasteiger partial charge in [0, 0.05) is 31.1 Å². The number of ether oxygens (including phenoxy) is 2. The van der Waals surface area contributed by atoms with E-state index in [0.29, 0.717) is 19.8 Å². The van der Waals surface area contributed by atoms with Crippen LogP contribution < -0.4 is 5.32 Å². The lowest BCUT2D eigenvalue weighted by atomic mass is 10.1. The van der Waals surface area contributed by atoms with Crippen LogP contribution in [0.15, 0.2) is 18.2 Å². The fourth-order valence-corrected chi connectivity index (χ4v) is 2.50. The molecule has 2 N–H and O–H groups in total. The third-order valence-corrected chi connectivity index (χ3v) is 3.69. The minimum atomic E-state index is -0.603. The van der Waals surface area contributed by atoms with Gasteiger partial charge in [0.15, 0.2) is 0 Å². The molecule has 7 nitrogen and oxygen atoms in total. The molecule has 1 aliphatic rings. The van der Waals surface area contributed by atoms with Gasteiger partial charge in [0.2, 0.25) is 0 Å². The molecular formula is C16H22N2O5. The molecule has 0 bridgehead atoms. The summed E-state index contributed by atoms with van der Waals surface area (Å²) in [6.07, 6.45) is 0. The number of phenolic OH excluding ortho intramolecular Hbond substituents is 1. The fraction of sp³-hybridized carbons (Fsp3) is 0.500. The largest absolute Gasteiger partial charge is 0.508 e. The number of benzene rings is 1. The van der Waals surface area contributed by atoms with Gasteiger partial charge in [0.1, 0.15) is 5.75 Å². The van der Waals surface area contributed by atoms with E-state index in [-0.39, 0.29) is 28.7 Å². The van der Waals surface area contributed by atoms with Crippen LogP contribution in [0.2, 0.25) is 0 Å². The van der Waals surface area contributed by atoms with Crippen molar-refractivity contribution in [3.8, 4) is 5.75 Å². The van der Waals surface area contributed by atoms with Crippen LogP contribution >= 0.6 is 0 Å². The Morgan fingerprint density at radius 1 is 1.39 bits per heavy atom. The lowest BCUT2D eigenvalue weighted by Gasteiger charge is -2.19. The summed E-state index contributed by atoms with van der Waals surface area (Å²) < 4.78 is 10.1. The Kier molecular flexibility index (Phi) is 5.95. The predicted molar refractivity (Wildman–Crippen MR) is 83.6 cm³/mol. The van der Waals surface area contributed by atoms with Gasteiger partial charge in [-0.1, -0.05) is 0 Å². The van der Waals surface area contributed by atoms with E-state index in [1.54, 1.807) is 0 Å². The standard InChI is InChI=1S/C16H22N2O5/c1-18-3-4-23-10-11(9-18)8-17-15(20)12-5-13(16(21)22-2)7-14(19)6-12/h5-7,11,19H,3-4,8-10H2,1-2H3,(H,17,20)/t11-/m1/s1. The molecule has 1 aliphatic heterocycles. The number of nitrogens with zero attached hydrogens (tertiary/aromatic N) is 1. The summed E-state index contributed by atoms with van der Waals surface area (Å²) in [6, 6.07) is 3.98. The number of nitrogens with one attached hydrogen (secondary N) is 1. The minimum Gasteiger partial charge on any atom is -0.508 e. The van der Waals surface area contributed by atoms with E-state index in [4.69, 9.17) is 4.74 Å². The van der Waals surface area contributed by atoms with Crippen molar-refractivity contribution in [3.05, 3.63) is 29.3 Å². The number of carbonyl (C=O) groups is 2. The maximum atomic E-state index is 12.2. The molecule has 1 amide bonds. The average Bonchev–Trinajstić information content (AvgIpc) is 2.75. The fourth-order valence-electron chi connectivity index (χ4n) is 2.50. The van der Waals surface area contributed by atoms with Crippen molar-refractivity contribution >= 4 is 11.9 Å². The van der Waals surface area contributed by atoms with Crippen molar-refractivity contribution in [1.82, 2.24) is 10.2 Å². The molecule has 1 heterocycles. The number of esters is 1. The Hall–Kier alpha value is -2.12. The van der Waals surface area contributed by atoms with Crippen molar-refractivity contribution < 1.29 is 24.2 Å². The highest BCUT2D eigenvalue weighted by atomic mass is 16.5. The Morgan fingerprint density at radius 2 is 2.13 bits per heavy atom. The van der Waals surface area contributed by atoms with Crippen LogP contribution in [0.3, 0.4) is 0 Å². The zero-order chi connectivity index (χ0) is 16.8. The van der Waals surface area contributed by atoms with Crippen LogP contribution in [0.25, 0.3) is 0 Å². The van der Waals surface area contributed by atoms with Crippen molar-refractivity contribution in [3.63, 3.8) is 0 Å². The van der Waals surface area contributed by atoms with Gasteiger partial charge in [-0.25, -0.2) is 4.79 Å². The van der Waals surface area contributed by atoms with Gasteiger partial charge >= 0.3 is 5.97 Å². The molecule has 0 spiro atoms. The Morgan fingerprint density at radius 3 is 2.87 bits per heavy atom. The molecule has 2 rings (SSSR count). The number of hydrogen-bond donors (Lipinski definition) is 2. The average molecular weight is 322 g/mol. The molecule has 0 radical (unpaired) electrons. The van der Waals surface area contributed by atoms with Crippen LogP contribution in [0.4, 0.5) is 0 Å². The normalized spacial score (nSPS) is 19.0. The predicted octanol–water partition coefficient (Wildman–Crippen LogP) is 0.487. The summed E-state index contributed by atoms with van der Waals surface area (Å²) in [7, 11) is 3.26. The van der Waals surface area contributed by atoms with E-state index in [0.717, 1.165) is 13.1 Å². The lowest BCUT2D eigenvalue weighted by molar-refractivity contribution is 0.0600. The Balaban J connectivity index is 2.00. The van der Waals surface area contributed by atoms with Crippen molar-refractivity contribution in [2.24, 2.45) is 5.92 Å². The number of phenols is 1. The van der Waals surface area contributed by atoms with E-state index in [1.165, 1.54) is 25.3 Å². The van der Waals surface area contributed by atoms with Crippen molar-refractivity contribution in [2.45, 2.75) is 0 Å². The van der Waals surface area contributed by atoms with E-state index in [9.17, 15) is 14.7 Å². The maximum Gasteiger partial charge on any atom is 0.338 e. The van der Waals surface area contributed by atoms with Crippen LogP contribution in [0, 0.1) is 5.92 Å². The van der Waals surface area contributed by atoms with E-state index in [2.05, 4.69) is 15.0 Å². The lowest BCUT2D eigenvalue weighted by Crippen LogP contribution is -2.35. The molecule has 0 saturated carbocycles. The van der Waals surface area contributed by atoms with Crippen LogP contribution in [0.5, 0.6) is 5.75 Å². The third-order valence-electron chi connectivity index (χ3n) is 3.69. The van der Waals surface area contributed by atoms with Gasteiger partial charge in [-0.3, -0.25) is 4.79 Å². The molecule has 1 fully saturated rings. The third kappa shape index (κ3) is 4.94. The van der Waals surface area contributed by atoms with Gasteiger partial charge < -0.3 is 24.8 Å². The quantitative estimate of drug-likeness (QED) is 0.784. The van der Waals surface area contributed by atoms with Gasteiger partial charge in [-0.2, -0.15) is 0 Å². The molecule has 126 valence electrons. The SMILES string of the molecule is COC(=O)c1cc(O)cc(C(=O)NC[C@H]2COCCN(C)C2)c1. The first-order valence-corrected chi connectivity index (χ1v) is 7.46. The highest BCUT2D eigenvalue weighted by molar-refractivity contribution is 5.98. The summed E-state index contributed by atoms with van der Waals surface area (Å²) in [5, 5.41) is 12.5. The van der Waals surface area contributed by atoms with Gasteiger partial charge in [-0.05, 0) is 25.2 Å². The van der Waals surface area contributed by atoms with Crippen molar-refractivity contribution in [1.29, 1.82) is 0 Å². The number of likely N-dealkylation sites (N-methyl/N-ethyl adjacent to an activating group) is 1. The van der Waals surface area contributed by atoms with Gasteiger partial charge in [-0.15, -0.1) is 0 Å². The second-order valence-electron chi connectivity index (χ2n) is 5.67. The van der Waals surface area contributed by atoms with Gasteiger partial charge in [0.05, 0.1) is 25.9 Å². The van der Waals surface area contributed by atoms with E-state index in [1.807, 2.05) is 7.05 Å². The Labute approximate surface area is 135 Å². The maximum absolute atomic E-state index is 12.2. The zero-order valence-corrected chi connectivity index (χ0v) is 13.4. The summed E-state index contributed by atoms with van der Waals surface area (Å²) in [5.41, 5.74) is 0.350. The summed E-state index contributed by atoms with van der Waals surface area (Å²) in [6.45, 7) is 3.47. The highest BCUT2D eigenvalue weighted by Crippen LogP contribution is 2.17. The van der Waals surface area contributed by atoms with Crippen LogP contribution in [-0.4, -0.2) is 68.9 Å². The molecule has 1 saturated heterocycles. The molecule has 23 heavy (non-hydrogen) atoms. The summed E-state index contributed by atoms with van der Waals surface area (Å²) in [4.78, 5) is 25.9. The zero-order valence-electron chi connectivity index (χ0n) is 13.4. The van der Waals surface area contributed by atoms with Gasteiger partial charge in [0.25, 0.3) is 5.91 Å². The second kappa shape index (κ2) is 7.94. The number of rotatable bonds is 4. The number of hydrogen-bond acceptors (Lipinski definition) is 6. The molecule has 0 aromatic heterocycles. The highest BCUT2D eigenvalue weighted by Gasteiger charge is 2.18. The van der Waals surface area contributed by atoms with E-state index < -0.39 is 5.97 Å². The molecule has 0 aliphatic carbocycles. The number of aromatic hydroxyl groups is 1. The number of carbonyl (C=O) groups excluding carboxylic acids is 2. The second-order valence-corrected chi connectivity index (χ2v) is 5.67. The van der Waals surface area contributed by atoms with Crippen LogP contribution in [0.1, 0.15) is 20.7 Å². The first-order chi connectivity index (χ1) is 11.0. The molecule has 0 unspecified atom stereocenters. The monoisotopic (exact) mass is 322 g/mol. The Bertz CT molecular complexity index is 576. The number of methoxy groups -OCH3 is 1. The first-order valence-electron chi connectivity index (χ1n) is 7.46. The first kappa shape index (κ1) is 17.2. The molecule has 7 heteroatoms. The number of amides is 1. The smallest absolute Gasteiger partial charge is 0.338 e. The molecule has 1 aromatic rings. The van der Waals surface area contributed by atoms with E-state index >= 15 is 0 Å². The molecule has 1 atom stereocenters. The van der Waals surface area contributed by atoms with Crippen LogP contribution in [-0.2, 0) is 9.47 Å². The molecular weight excluding hydrogens is 300 g/mol. The minimum absolute atomic E-state index is 0.134. The summed E-state index contributed by atoms with van der Waals surface area (Å²) in [5.74, 6) is -0.911. The summed E-state index contributed by atoms with van der Waals surface area (Å²) >= 11 is 0. The molecule has 1 aromatic carbocycles.